The SMILES string of the molecule is CSc1cccc(C(=O)N(CCN(C)C)c2nc3c(C)c(C)ccc3s2)c1.Cl. The number of carbonyl (C=O) groups is 1. The Hall–Kier alpha value is -1.60. The number of fused-ring (bicyclic) bond motifs is 1. The van der Waals surface area contributed by atoms with Gasteiger partial charge in [0, 0.05) is 23.5 Å². The van der Waals surface area contributed by atoms with Crippen LogP contribution in [-0.4, -0.2) is 49.2 Å². The first kappa shape index (κ1) is 22.7. The predicted molar refractivity (Wildman–Crippen MR) is 125 cm³/mol. The summed E-state index contributed by atoms with van der Waals surface area (Å²) in [6.45, 7) is 5.57. The average Bonchev–Trinajstić information content (AvgIpc) is 3.09. The highest BCUT2D eigenvalue weighted by Crippen LogP contribution is 2.32. The number of aromatic nitrogens is 1. The molecule has 4 nitrogen and oxygen atoms in total. The molecule has 7 heteroatoms. The minimum Gasteiger partial charge on any atom is -0.308 e. The molecule has 0 aliphatic carbocycles. The molecule has 0 atom stereocenters. The summed E-state index contributed by atoms with van der Waals surface area (Å²) >= 11 is 3.22. The molecule has 0 fully saturated rings. The standard InChI is InChI=1S/C21H25N3OS2.ClH/c1-14-9-10-18-19(15(14)2)22-21(27-18)24(12-11-23(3)4)20(25)16-7-6-8-17(13-16)26-5;/h6-10,13H,11-12H2,1-5H3;1H. The number of halogens is 1. The molecular formula is C21H26ClN3OS2. The Morgan fingerprint density at radius 2 is 1.89 bits per heavy atom. The predicted octanol–water partition coefficient (Wildman–Crippen LogP) is 5.27. The zero-order chi connectivity index (χ0) is 19.6. The molecule has 1 aromatic heterocycles. The number of aryl methyl sites for hydroxylation is 2. The van der Waals surface area contributed by atoms with Crippen LogP contribution in [0.5, 0.6) is 0 Å². The molecule has 28 heavy (non-hydrogen) atoms. The van der Waals surface area contributed by atoms with Crippen LogP contribution in [0, 0.1) is 13.8 Å². The molecule has 0 saturated heterocycles. The van der Waals surface area contributed by atoms with E-state index in [4.69, 9.17) is 4.98 Å². The van der Waals surface area contributed by atoms with Crippen molar-refractivity contribution in [2.24, 2.45) is 0 Å². The lowest BCUT2D eigenvalue weighted by Crippen LogP contribution is -2.36. The molecule has 2 aromatic carbocycles. The summed E-state index contributed by atoms with van der Waals surface area (Å²) in [6, 6.07) is 12.0. The van der Waals surface area contributed by atoms with E-state index in [1.807, 2.05) is 49.5 Å². The van der Waals surface area contributed by atoms with Crippen molar-refractivity contribution >= 4 is 56.8 Å². The summed E-state index contributed by atoms with van der Waals surface area (Å²) in [4.78, 5) is 23.2. The fraction of sp³-hybridized carbons (Fsp3) is 0.333. The lowest BCUT2D eigenvalue weighted by molar-refractivity contribution is 0.0985. The maximum absolute atomic E-state index is 13.3. The highest BCUT2D eigenvalue weighted by Gasteiger charge is 2.22. The molecular weight excluding hydrogens is 410 g/mol. The van der Waals surface area contributed by atoms with Crippen molar-refractivity contribution in [1.82, 2.24) is 9.88 Å². The Morgan fingerprint density at radius 1 is 1.14 bits per heavy atom. The number of amides is 1. The highest BCUT2D eigenvalue weighted by atomic mass is 35.5. The van der Waals surface area contributed by atoms with Crippen LogP contribution in [0.1, 0.15) is 21.5 Å². The van der Waals surface area contributed by atoms with Gasteiger partial charge in [-0.1, -0.05) is 23.5 Å². The van der Waals surface area contributed by atoms with Crippen molar-refractivity contribution in [3.63, 3.8) is 0 Å². The van der Waals surface area contributed by atoms with Crippen LogP contribution in [0.2, 0.25) is 0 Å². The Balaban J connectivity index is 0.00000280. The van der Waals surface area contributed by atoms with E-state index in [0.717, 1.165) is 26.8 Å². The average molecular weight is 436 g/mol. The van der Waals surface area contributed by atoms with E-state index in [1.54, 1.807) is 23.1 Å². The third kappa shape index (κ3) is 4.87. The van der Waals surface area contributed by atoms with Gasteiger partial charge >= 0.3 is 0 Å². The lowest BCUT2D eigenvalue weighted by Gasteiger charge is -2.22. The number of rotatable bonds is 6. The molecule has 0 unspecified atom stereocenters. The van der Waals surface area contributed by atoms with Crippen molar-refractivity contribution in [2.75, 3.05) is 38.3 Å². The zero-order valence-electron chi connectivity index (χ0n) is 16.9. The van der Waals surface area contributed by atoms with Crippen LogP contribution < -0.4 is 4.90 Å². The van der Waals surface area contributed by atoms with E-state index in [9.17, 15) is 4.79 Å². The smallest absolute Gasteiger partial charge is 0.260 e. The molecule has 0 bridgehead atoms. The Kier molecular flexibility index (Phi) is 7.89. The van der Waals surface area contributed by atoms with E-state index < -0.39 is 0 Å². The first-order valence-electron chi connectivity index (χ1n) is 8.88. The van der Waals surface area contributed by atoms with Gasteiger partial charge in [-0.3, -0.25) is 9.69 Å². The maximum Gasteiger partial charge on any atom is 0.260 e. The molecule has 1 amide bonds. The summed E-state index contributed by atoms with van der Waals surface area (Å²) in [6.07, 6.45) is 2.02. The third-order valence-electron chi connectivity index (χ3n) is 4.64. The number of likely N-dealkylation sites (N-methyl/N-ethyl adjacent to an activating group) is 1. The topological polar surface area (TPSA) is 36.4 Å². The van der Waals surface area contributed by atoms with Crippen LogP contribution >= 0.6 is 35.5 Å². The van der Waals surface area contributed by atoms with E-state index in [0.29, 0.717) is 12.1 Å². The summed E-state index contributed by atoms with van der Waals surface area (Å²) < 4.78 is 1.12. The normalized spacial score (nSPS) is 10.9. The molecule has 1 heterocycles. The summed E-state index contributed by atoms with van der Waals surface area (Å²) in [5.74, 6) is 0.00109. The molecule has 0 aliphatic rings. The number of nitrogens with zero attached hydrogens (tertiary/aromatic N) is 3. The second-order valence-corrected chi connectivity index (χ2v) is 8.73. The number of benzene rings is 2. The second-order valence-electron chi connectivity index (χ2n) is 6.84. The largest absolute Gasteiger partial charge is 0.308 e. The van der Waals surface area contributed by atoms with Crippen LogP contribution in [0.15, 0.2) is 41.3 Å². The fourth-order valence-corrected chi connectivity index (χ4v) is 4.33. The minimum absolute atomic E-state index is 0. The van der Waals surface area contributed by atoms with Crippen LogP contribution in [0.4, 0.5) is 5.13 Å². The van der Waals surface area contributed by atoms with Crippen LogP contribution in [0.3, 0.4) is 0 Å². The van der Waals surface area contributed by atoms with Crippen molar-refractivity contribution in [3.05, 3.63) is 53.1 Å². The van der Waals surface area contributed by atoms with Gasteiger partial charge in [0.05, 0.1) is 10.2 Å². The van der Waals surface area contributed by atoms with Crippen LogP contribution in [0.25, 0.3) is 10.2 Å². The fourth-order valence-electron chi connectivity index (χ4n) is 2.83. The number of hydrogen-bond acceptors (Lipinski definition) is 5. The minimum atomic E-state index is 0. The maximum atomic E-state index is 13.3. The first-order valence-corrected chi connectivity index (χ1v) is 10.9. The number of hydrogen-bond donors (Lipinski definition) is 0. The highest BCUT2D eigenvalue weighted by molar-refractivity contribution is 7.98. The number of thioether (sulfide) groups is 1. The number of anilines is 1. The quantitative estimate of drug-likeness (QED) is 0.494. The van der Waals surface area contributed by atoms with Crippen molar-refractivity contribution in [1.29, 1.82) is 0 Å². The first-order chi connectivity index (χ1) is 12.9. The molecule has 0 spiro atoms. The number of thiazole rings is 1. The molecule has 0 aliphatic heterocycles. The monoisotopic (exact) mass is 435 g/mol. The zero-order valence-corrected chi connectivity index (χ0v) is 19.3. The van der Waals surface area contributed by atoms with Gasteiger partial charge in [0.25, 0.3) is 5.91 Å². The van der Waals surface area contributed by atoms with Crippen molar-refractivity contribution in [3.8, 4) is 0 Å². The van der Waals surface area contributed by atoms with Gasteiger partial charge < -0.3 is 4.90 Å². The molecule has 0 saturated carbocycles. The van der Waals surface area contributed by atoms with Crippen molar-refractivity contribution < 1.29 is 4.79 Å². The lowest BCUT2D eigenvalue weighted by atomic mass is 10.1. The van der Waals surface area contributed by atoms with Crippen molar-refractivity contribution in [2.45, 2.75) is 18.7 Å². The van der Waals surface area contributed by atoms with E-state index in [-0.39, 0.29) is 18.3 Å². The molecule has 3 aromatic rings. The van der Waals surface area contributed by atoms with Gasteiger partial charge in [0.2, 0.25) is 0 Å². The Bertz CT molecular complexity index is 971. The Labute approximate surface area is 181 Å². The van der Waals surface area contributed by atoms with E-state index in [2.05, 4.69) is 30.9 Å². The Morgan fingerprint density at radius 3 is 2.57 bits per heavy atom. The van der Waals surface area contributed by atoms with Gasteiger partial charge in [-0.15, -0.1) is 24.2 Å². The molecule has 3 rings (SSSR count). The van der Waals surface area contributed by atoms with E-state index in [1.165, 1.54) is 11.1 Å². The number of carbonyl (C=O) groups excluding carboxylic acids is 1. The third-order valence-corrected chi connectivity index (χ3v) is 6.41. The van der Waals surface area contributed by atoms with E-state index >= 15 is 0 Å². The summed E-state index contributed by atoms with van der Waals surface area (Å²) in [5.41, 5.74) is 4.10. The van der Waals surface area contributed by atoms with Gasteiger partial charge in [-0.05, 0) is 69.6 Å². The molecule has 150 valence electrons. The van der Waals surface area contributed by atoms with Gasteiger partial charge in [0.15, 0.2) is 5.13 Å². The van der Waals surface area contributed by atoms with Gasteiger partial charge in [-0.25, -0.2) is 4.98 Å². The van der Waals surface area contributed by atoms with Gasteiger partial charge in [-0.2, -0.15) is 0 Å². The summed E-state index contributed by atoms with van der Waals surface area (Å²) in [7, 11) is 4.03. The van der Waals surface area contributed by atoms with Crippen LogP contribution in [-0.2, 0) is 0 Å². The second kappa shape index (κ2) is 9.74. The molecule has 0 radical (unpaired) electrons. The summed E-state index contributed by atoms with van der Waals surface area (Å²) in [5, 5.41) is 0.764. The molecule has 0 N–H and O–H groups in total. The van der Waals surface area contributed by atoms with Gasteiger partial charge in [0.1, 0.15) is 0 Å².